The number of nitrogens with one attached hydrogen (secondary N) is 2. The summed E-state index contributed by atoms with van der Waals surface area (Å²) in [5.41, 5.74) is 1.98. The number of hydrogen-bond acceptors (Lipinski definition) is 3. The van der Waals surface area contributed by atoms with Gasteiger partial charge in [0.1, 0.15) is 0 Å². The maximum atomic E-state index is 6.20. The minimum Gasteiger partial charge on any atom is -0.382 e. The summed E-state index contributed by atoms with van der Waals surface area (Å²) >= 11 is 6.20. The molecule has 1 fully saturated rings. The molecular formula is C16H20ClN3. The van der Waals surface area contributed by atoms with E-state index in [1.807, 2.05) is 18.2 Å². The standard InChI is InChI=1S/C16H20ClN3/c1-11(10-12-4-2-8-18-12)20-15-7-6-14(17)16-13(15)5-3-9-19-16/h3,5-7,9,11-12,18,20H,2,4,8,10H2,1H3. The molecule has 2 atom stereocenters. The molecule has 0 radical (unpaired) electrons. The van der Waals surface area contributed by atoms with Crippen molar-refractivity contribution >= 4 is 28.2 Å². The third kappa shape index (κ3) is 2.89. The van der Waals surface area contributed by atoms with Crippen LogP contribution in [0.15, 0.2) is 30.5 Å². The van der Waals surface area contributed by atoms with Gasteiger partial charge in [-0.15, -0.1) is 0 Å². The second-order valence-electron chi connectivity index (χ2n) is 5.57. The molecule has 0 aliphatic carbocycles. The summed E-state index contributed by atoms with van der Waals surface area (Å²) in [7, 11) is 0. The van der Waals surface area contributed by atoms with Gasteiger partial charge in [0.2, 0.25) is 0 Å². The first-order valence-corrected chi connectivity index (χ1v) is 7.65. The van der Waals surface area contributed by atoms with Gasteiger partial charge >= 0.3 is 0 Å². The topological polar surface area (TPSA) is 37.0 Å². The van der Waals surface area contributed by atoms with Crippen LogP contribution in [0.5, 0.6) is 0 Å². The van der Waals surface area contributed by atoms with E-state index < -0.39 is 0 Å². The molecule has 2 heterocycles. The molecule has 0 saturated carbocycles. The molecule has 1 aromatic heterocycles. The first-order chi connectivity index (χ1) is 9.74. The Labute approximate surface area is 124 Å². The third-order valence-electron chi connectivity index (χ3n) is 3.92. The maximum Gasteiger partial charge on any atom is 0.0908 e. The summed E-state index contributed by atoms with van der Waals surface area (Å²) in [6, 6.07) is 9.05. The number of fused-ring (bicyclic) bond motifs is 1. The minimum absolute atomic E-state index is 0.426. The van der Waals surface area contributed by atoms with Crippen molar-refractivity contribution in [2.75, 3.05) is 11.9 Å². The predicted molar refractivity (Wildman–Crippen MR) is 85.5 cm³/mol. The molecule has 2 unspecified atom stereocenters. The van der Waals surface area contributed by atoms with Gasteiger partial charge < -0.3 is 10.6 Å². The predicted octanol–water partition coefficient (Wildman–Crippen LogP) is 3.83. The molecule has 2 aromatic rings. The van der Waals surface area contributed by atoms with Gasteiger partial charge in [0.05, 0.1) is 10.5 Å². The number of benzene rings is 1. The Balaban J connectivity index is 1.78. The Hall–Kier alpha value is -1.32. The summed E-state index contributed by atoms with van der Waals surface area (Å²) in [4.78, 5) is 4.37. The molecule has 1 saturated heterocycles. The smallest absolute Gasteiger partial charge is 0.0908 e. The number of pyridine rings is 1. The van der Waals surface area contributed by atoms with E-state index in [1.165, 1.54) is 12.8 Å². The largest absolute Gasteiger partial charge is 0.382 e. The summed E-state index contributed by atoms with van der Waals surface area (Å²) < 4.78 is 0. The zero-order valence-corrected chi connectivity index (χ0v) is 12.5. The minimum atomic E-state index is 0.426. The molecule has 1 aliphatic heterocycles. The van der Waals surface area contributed by atoms with Gasteiger partial charge in [-0.2, -0.15) is 0 Å². The van der Waals surface area contributed by atoms with Crippen LogP contribution in [-0.2, 0) is 0 Å². The fourth-order valence-electron chi connectivity index (χ4n) is 2.97. The number of rotatable bonds is 4. The van der Waals surface area contributed by atoms with Crippen molar-refractivity contribution in [3.8, 4) is 0 Å². The van der Waals surface area contributed by atoms with E-state index in [2.05, 4.69) is 28.6 Å². The van der Waals surface area contributed by atoms with E-state index in [0.29, 0.717) is 17.1 Å². The van der Waals surface area contributed by atoms with Crippen LogP contribution < -0.4 is 10.6 Å². The SMILES string of the molecule is CC(CC1CCCN1)Nc1ccc(Cl)c2ncccc12. The number of aromatic nitrogens is 1. The molecule has 0 bridgehead atoms. The van der Waals surface area contributed by atoms with Crippen LogP contribution in [-0.4, -0.2) is 23.6 Å². The van der Waals surface area contributed by atoms with Crippen molar-refractivity contribution in [1.82, 2.24) is 10.3 Å². The van der Waals surface area contributed by atoms with Gasteiger partial charge in [0.15, 0.2) is 0 Å². The lowest BCUT2D eigenvalue weighted by atomic mass is 10.1. The van der Waals surface area contributed by atoms with Crippen molar-refractivity contribution < 1.29 is 0 Å². The first kappa shape index (κ1) is 13.7. The second kappa shape index (κ2) is 5.98. The Morgan fingerprint density at radius 1 is 1.45 bits per heavy atom. The zero-order valence-electron chi connectivity index (χ0n) is 11.7. The number of anilines is 1. The highest BCUT2D eigenvalue weighted by atomic mass is 35.5. The molecular weight excluding hydrogens is 270 g/mol. The molecule has 0 spiro atoms. The van der Waals surface area contributed by atoms with E-state index in [9.17, 15) is 0 Å². The van der Waals surface area contributed by atoms with E-state index in [1.54, 1.807) is 6.20 Å². The summed E-state index contributed by atoms with van der Waals surface area (Å²) in [5, 5.41) is 8.94. The molecule has 106 valence electrons. The average Bonchev–Trinajstić information content (AvgIpc) is 2.95. The fraction of sp³-hybridized carbons (Fsp3) is 0.438. The summed E-state index contributed by atoms with van der Waals surface area (Å²) in [6.07, 6.45) is 5.51. The van der Waals surface area contributed by atoms with Gasteiger partial charge in [-0.05, 0) is 57.0 Å². The third-order valence-corrected chi connectivity index (χ3v) is 4.23. The van der Waals surface area contributed by atoms with Gasteiger partial charge in [-0.1, -0.05) is 11.6 Å². The van der Waals surface area contributed by atoms with E-state index in [4.69, 9.17) is 11.6 Å². The molecule has 3 rings (SSSR count). The zero-order chi connectivity index (χ0) is 13.9. The maximum absolute atomic E-state index is 6.20. The van der Waals surface area contributed by atoms with Crippen molar-refractivity contribution in [2.45, 2.75) is 38.3 Å². The number of halogens is 1. The Morgan fingerprint density at radius 3 is 3.15 bits per heavy atom. The summed E-state index contributed by atoms with van der Waals surface area (Å²) in [5.74, 6) is 0. The van der Waals surface area contributed by atoms with Crippen LogP contribution in [0.1, 0.15) is 26.2 Å². The molecule has 2 N–H and O–H groups in total. The van der Waals surface area contributed by atoms with Gasteiger partial charge in [-0.3, -0.25) is 4.98 Å². The summed E-state index contributed by atoms with van der Waals surface area (Å²) in [6.45, 7) is 3.39. The van der Waals surface area contributed by atoms with Gasteiger partial charge in [0.25, 0.3) is 0 Å². The van der Waals surface area contributed by atoms with Crippen molar-refractivity contribution in [3.05, 3.63) is 35.5 Å². The van der Waals surface area contributed by atoms with Crippen LogP contribution in [0, 0.1) is 0 Å². The van der Waals surface area contributed by atoms with Crippen LogP contribution in [0.4, 0.5) is 5.69 Å². The van der Waals surface area contributed by atoms with Crippen molar-refractivity contribution in [2.24, 2.45) is 0 Å². The van der Waals surface area contributed by atoms with E-state index >= 15 is 0 Å². The van der Waals surface area contributed by atoms with E-state index in [-0.39, 0.29) is 0 Å². The molecule has 1 aromatic carbocycles. The van der Waals surface area contributed by atoms with Gasteiger partial charge in [0, 0.05) is 29.4 Å². The quantitative estimate of drug-likeness (QED) is 0.898. The molecule has 20 heavy (non-hydrogen) atoms. The normalized spacial score (nSPS) is 20.2. The lowest BCUT2D eigenvalue weighted by Crippen LogP contribution is -2.29. The lowest BCUT2D eigenvalue weighted by molar-refractivity contribution is 0.523. The molecule has 1 aliphatic rings. The number of nitrogens with zero attached hydrogens (tertiary/aromatic N) is 1. The van der Waals surface area contributed by atoms with Crippen LogP contribution in [0.3, 0.4) is 0 Å². The molecule has 3 nitrogen and oxygen atoms in total. The number of hydrogen-bond donors (Lipinski definition) is 2. The highest BCUT2D eigenvalue weighted by molar-refractivity contribution is 6.35. The van der Waals surface area contributed by atoms with Crippen molar-refractivity contribution in [3.63, 3.8) is 0 Å². The first-order valence-electron chi connectivity index (χ1n) is 7.27. The van der Waals surface area contributed by atoms with Crippen molar-refractivity contribution in [1.29, 1.82) is 0 Å². The van der Waals surface area contributed by atoms with Crippen LogP contribution in [0.25, 0.3) is 10.9 Å². The van der Waals surface area contributed by atoms with E-state index in [0.717, 1.165) is 29.6 Å². The lowest BCUT2D eigenvalue weighted by Gasteiger charge is -2.20. The van der Waals surface area contributed by atoms with Gasteiger partial charge in [-0.25, -0.2) is 0 Å². The Bertz CT molecular complexity index is 593. The molecule has 4 heteroatoms. The van der Waals surface area contributed by atoms with Crippen LogP contribution in [0.2, 0.25) is 5.02 Å². The fourth-order valence-corrected chi connectivity index (χ4v) is 3.19. The highest BCUT2D eigenvalue weighted by Crippen LogP contribution is 2.28. The monoisotopic (exact) mass is 289 g/mol. The Kier molecular flexibility index (Phi) is 4.08. The Morgan fingerprint density at radius 2 is 2.35 bits per heavy atom. The molecule has 0 amide bonds. The second-order valence-corrected chi connectivity index (χ2v) is 5.98. The van der Waals surface area contributed by atoms with Crippen LogP contribution >= 0.6 is 11.6 Å². The average molecular weight is 290 g/mol. The highest BCUT2D eigenvalue weighted by Gasteiger charge is 2.17.